The van der Waals surface area contributed by atoms with E-state index in [-0.39, 0.29) is 13.0 Å². The van der Waals surface area contributed by atoms with Crippen molar-refractivity contribution in [2.24, 2.45) is 0 Å². The molecule has 1 amide bonds. The molecule has 0 aliphatic carbocycles. The minimum atomic E-state index is -1.82. The van der Waals surface area contributed by atoms with Crippen LogP contribution in [0.2, 0.25) is 0 Å². The first kappa shape index (κ1) is 25.7. The molecule has 0 bridgehead atoms. The summed E-state index contributed by atoms with van der Waals surface area (Å²) in [6.45, 7) is 5.01. The van der Waals surface area contributed by atoms with Gasteiger partial charge in [0.15, 0.2) is 5.78 Å². The number of fused-ring (bicyclic) bond motifs is 1. The molecular weight excluding hydrogens is 452 g/mol. The minimum absolute atomic E-state index is 0.000240. The van der Waals surface area contributed by atoms with Gasteiger partial charge in [-0.1, -0.05) is 48.5 Å². The van der Waals surface area contributed by atoms with E-state index in [0.717, 1.165) is 11.1 Å². The maximum atomic E-state index is 13.8. The van der Waals surface area contributed by atoms with Gasteiger partial charge in [0.05, 0.1) is 13.5 Å². The summed E-state index contributed by atoms with van der Waals surface area (Å²) in [6, 6.07) is 14.7. The number of ketones is 1. The topological polar surface area (TPSA) is 120 Å². The van der Waals surface area contributed by atoms with Gasteiger partial charge in [-0.15, -0.1) is 0 Å². The van der Waals surface area contributed by atoms with Gasteiger partial charge in [-0.05, 0) is 38.0 Å². The Hall–Kier alpha value is -3.88. The maximum Gasteiger partial charge on any atom is 0.408 e. The zero-order chi connectivity index (χ0) is 25.6. The summed E-state index contributed by atoms with van der Waals surface area (Å²) >= 11 is 0. The molecule has 3 rings (SSSR count). The number of para-hydroxylation sites is 1. The lowest BCUT2D eigenvalue weighted by Gasteiger charge is -2.30. The number of hydrogen-bond acceptors (Lipinski definition) is 8. The molecule has 1 aliphatic rings. The van der Waals surface area contributed by atoms with Crippen molar-refractivity contribution in [3.8, 4) is 0 Å². The number of Topliss-reactive ketones (excluding diaryl/α,β-unsaturated/α-hetero) is 1. The number of anilines is 1. The molecule has 1 aliphatic heterocycles. The molecule has 1 heterocycles. The molecule has 2 N–H and O–H groups in total. The molecule has 35 heavy (non-hydrogen) atoms. The lowest BCUT2D eigenvalue weighted by molar-refractivity contribution is -0.153. The normalized spacial score (nSPS) is 17.4. The van der Waals surface area contributed by atoms with E-state index in [4.69, 9.17) is 14.2 Å². The Morgan fingerprint density at radius 3 is 2.31 bits per heavy atom. The molecule has 0 saturated carbocycles. The average Bonchev–Trinajstić information content (AvgIpc) is 3.21. The lowest BCUT2D eigenvalue weighted by atomic mass is 9.85. The van der Waals surface area contributed by atoms with E-state index in [1.807, 2.05) is 18.2 Å². The van der Waals surface area contributed by atoms with Gasteiger partial charge in [0.25, 0.3) is 0 Å². The van der Waals surface area contributed by atoms with E-state index in [9.17, 15) is 19.2 Å². The number of carbonyl (C=O) groups excluding carboxylic acids is 4. The predicted octanol–water partition coefficient (Wildman–Crippen LogP) is 3.16. The van der Waals surface area contributed by atoms with E-state index in [1.165, 1.54) is 7.11 Å². The molecule has 2 aromatic carbocycles. The van der Waals surface area contributed by atoms with Crippen LogP contribution in [0, 0.1) is 0 Å². The molecule has 0 unspecified atom stereocenters. The average molecular weight is 483 g/mol. The quantitative estimate of drug-likeness (QED) is 0.335. The lowest BCUT2D eigenvalue weighted by Crippen LogP contribution is -2.60. The van der Waals surface area contributed by atoms with Gasteiger partial charge >= 0.3 is 18.0 Å². The number of rotatable bonds is 8. The number of amides is 1. The van der Waals surface area contributed by atoms with Gasteiger partial charge in [0.2, 0.25) is 5.54 Å². The van der Waals surface area contributed by atoms with Crippen molar-refractivity contribution in [3.63, 3.8) is 0 Å². The van der Waals surface area contributed by atoms with Crippen LogP contribution in [0.5, 0.6) is 0 Å². The van der Waals surface area contributed by atoms with Crippen molar-refractivity contribution in [1.29, 1.82) is 0 Å². The van der Waals surface area contributed by atoms with E-state index in [2.05, 4.69) is 10.6 Å². The number of benzene rings is 2. The first-order valence-corrected chi connectivity index (χ1v) is 11.2. The fourth-order valence-electron chi connectivity index (χ4n) is 3.82. The highest BCUT2D eigenvalue weighted by atomic mass is 16.6. The molecule has 2 atom stereocenters. The van der Waals surface area contributed by atoms with Crippen LogP contribution in [0.25, 0.3) is 0 Å². The van der Waals surface area contributed by atoms with Crippen LogP contribution in [0.15, 0.2) is 54.6 Å². The zero-order valence-electron chi connectivity index (χ0n) is 20.3. The Morgan fingerprint density at radius 1 is 1.03 bits per heavy atom. The largest absolute Gasteiger partial charge is 0.467 e. The summed E-state index contributed by atoms with van der Waals surface area (Å²) in [6.07, 6.45) is -1.40. The van der Waals surface area contributed by atoms with Crippen LogP contribution >= 0.6 is 0 Å². The SMILES string of the molecule is COC(=O)[C@@]1(C(=O)[C@H](CC(=O)OCc2ccccc2)NC(=O)OC(C)(C)C)Cc2ccccc2N1. The molecule has 9 nitrogen and oxygen atoms in total. The minimum Gasteiger partial charge on any atom is -0.467 e. The first-order valence-electron chi connectivity index (χ1n) is 11.2. The number of hydrogen-bond donors (Lipinski definition) is 2. The van der Waals surface area contributed by atoms with Crippen molar-refractivity contribution >= 4 is 29.5 Å². The molecule has 0 aromatic heterocycles. The predicted molar refractivity (Wildman–Crippen MR) is 128 cm³/mol. The third-order valence-electron chi connectivity index (χ3n) is 5.40. The number of alkyl carbamates (subject to hydrolysis) is 1. The fraction of sp³-hybridized carbons (Fsp3) is 0.385. The second kappa shape index (κ2) is 10.6. The van der Waals surface area contributed by atoms with Gasteiger partial charge in [0.1, 0.15) is 18.2 Å². The zero-order valence-corrected chi connectivity index (χ0v) is 20.3. The van der Waals surface area contributed by atoms with Crippen LogP contribution in [-0.4, -0.2) is 48.1 Å². The monoisotopic (exact) mass is 482 g/mol. The summed E-state index contributed by atoms with van der Waals surface area (Å²) in [7, 11) is 1.17. The summed E-state index contributed by atoms with van der Waals surface area (Å²) in [5.74, 6) is -2.28. The highest BCUT2D eigenvalue weighted by Gasteiger charge is 2.54. The fourth-order valence-corrected chi connectivity index (χ4v) is 3.82. The second-order valence-electron chi connectivity index (χ2n) is 9.27. The van der Waals surface area contributed by atoms with Crippen molar-refractivity contribution in [3.05, 3.63) is 65.7 Å². The Labute approximate surface area is 204 Å². The molecule has 0 saturated heterocycles. The summed E-state index contributed by atoms with van der Waals surface area (Å²) in [5.41, 5.74) is -0.573. The van der Waals surface area contributed by atoms with Crippen molar-refractivity contribution < 1.29 is 33.4 Å². The van der Waals surface area contributed by atoms with Crippen LogP contribution in [-0.2, 0) is 41.6 Å². The molecule has 186 valence electrons. The van der Waals surface area contributed by atoms with E-state index >= 15 is 0 Å². The Bertz CT molecular complexity index is 1070. The van der Waals surface area contributed by atoms with Crippen LogP contribution in [0.3, 0.4) is 0 Å². The number of methoxy groups -OCH3 is 1. The standard InChI is InChI=1S/C26H30N2O7/c1-25(2,3)35-24(32)27-20(14-21(29)34-16-17-10-6-5-7-11-17)22(30)26(23(31)33-4)15-18-12-8-9-13-19(18)28-26/h5-13,20,28H,14-16H2,1-4H3,(H,27,32)/t20-,26-/m0/s1. The highest BCUT2D eigenvalue weighted by Crippen LogP contribution is 2.35. The van der Waals surface area contributed by atoms with Gasteiger partial charge in [-0.25, -0.2) is 9.59 Å². The summed E-state index contributed by atoms with van der Waals surface area (Å²) < 4.78 is 15.6. The number of carbonyl (C=O) groups is 4. The van der Waals surface area contributed by atoms with Crippen LogP contribution in [0.4, 0.5) is 10.5 Å². The summed E-state index contributed by atoms with van der Waals surface area (Å²) in [5, 5.41) is 5.41. The molecule has 0 fully saturated rings. The van der Waals surface area contributed by atoms with Crippen LogP contribution < -0.4 is 10.6 Å². The number of esters is 2. The van der Waals surface area contributed by atoms with E-state index in [1.54, 1.807) is 57.2 Å². The first-order chi connectivity index (χ1) is 16.5. The number of ether oxygens (including phenoxy) is 3. The Kier molecular flexibility index (Phi) is 7.78. The van der Waals surface area contributed by atoms with Crippen molar-refractivity contribution in [2.45, 2.75) is 57.4 Å². The molecule has 0 spiro atoms. The van der Waals surface area contributed by atoms with Gasteiger partial charge in [0, 0.05) is 12.1 Å². The maximum absolute atomic E-state index is 13.8. The van der Waals surface area contributed by atoms with E-state index in [0.29, 0.717) is 5.69 Å². The second-order valence-corrected chi connectivity index (χ2v) is 9.27. The van der Waals surface area contributed by atoms with Crippen molar-refractivity contribution in [2.75, 3.05) is 12.4 Å². The molecular formula is C26H30N2O7. The Balaban J connectivity index is 1.84. The molecule has 9 heteroatoms. The number of nitrogens with one attached hydrogen (secondary N) is 2. The Morgan fingerprint density at radius 2 is 1.69 bits per heavy atom. The smallest absolute Gasteiger partial charge is 0.408 e. The van der Waals surface area contributed by atoms with Gasteiger partial charge in [-0.2, -0.15) is 0 Å². The van der Waals surface area contributed by atoms with Gasteiger partial charge in [-0.3, -0.25) is 9.59 Å². The molecule has 2 aromatic rings. The van der Waals surface area contributed by atoms with E-state index < -0.39 is 47.4 Å². The summed E-state index contributed by atoms with van der Waals surface area (Å²) in [4.78, 5) is 51.9. The van der Waals surface area contributed by atoms with Crippen molar-refractivity contribution in [1.82, 2.24) is 5.32 Å². The highest BCUT2D eigenvalue weighted by molar-refractivity contribution is 6.16. The van der Waals surface area contributed by atoms with Gasteiger partial charge < -0.3 is 24.8 Å². The third-order valence-corrected chi connectivity index (χ3v) is 5.40. The van der Waals surface area contributed by atoms with Crippen LogP contribution in [0.1, 0.15) is 38.3 Å². The third kappa shape index (κ3) is 6.38. The molecule has 0 radical (unpaired) electrons.